The molecule has 0 bridgehead atoms. The van der Waals surface area contributed by atoms with E-state index in [9.17, 15) is 24.2 Å². The van der Waals surface area contributed by atoms with E-state index in [1.54, 1.807) is 0 Å². The first-order valence-corrected chi connectivity index (χ1v) is 22.2. The molecule has 0 rings (SSSR count). The zero-order chi connectivity index (χ0) is 42.3. The zero-order valence-corrected chi connectivity index (χ0v) is 36.5. The average Bonchev–Trinajstić information content (AvgIpc) is 3.16. The number of likely N-dealkylation sites (N-methyl/N-ethyl adjacent to an activating group) is 1. The first-order chi connectivity index (χ1) is 27.4. The minimum atomic E-state index is -4.66. The molecule has 2 unspecified atom stereocenters. The highest BCUT2D eigenvalue weighted by Gasteiger charge is 2.21. The molecule has 0 amide bonds. The molecule has 0 aliphatic heterocycles. The molecule has 0 aromatic heterocycles. The van der Waals surface area contributed by atoms with Crippen LogP contribution in [0.15, 0.2) is 109 Å². The van der Waals surface area contributed by atoms with Gasteiger partial charge in [0.05, 0.1) is 33.9 Å². The van der Waals surface area contributed by atoms with Gasteiger partial charge < -0.3 is 33.0 Å². The van der Waals surface area contributed by atoms with Crippen LogP contribution in [0.1, 0.15) is 110 Å². The van der Waals surface area contributed by atoms with Crippen LogP contribution in [0.2, 0.25) is 0 Å². The summed E-state index contributed by atoms with van der Waals surface area (Å²) in [5.74, 6) is -0.991. The number of ether oxygens (including phenoxy) is 2. The van der Waals surface area contributed by atoms with Crippen molar-refractivity contribution in [1.82, 2.24) is 0 Å². The molecule has 0 saturated carbocycles. The molecule has 0 spiro atoms. The van der Waals surface area contributed by atoms with E-state index in [-0.39, 0.29) is 26.1 Å². The summed E-state index contributed by atoms with van der Waals surface area (Å²) in [5.41, 5.74) is 0. The zero-order valence-electron chi connectivity index (χ0n) is 35.6. The fourth-order valence-corrected chi connectivity index (χ4v) is 5.37. The van der Waals surface area contributed by atoms with E-state index >= 15 is 0 Å². The van der Waals surface area contributed by atoms with Crippen LogP contribution in [-0.2, 0) is 32.7 Å². The normalized spacial score (nSPS) is 15.3. The van der Waals surface area contributed by atoms with Gasteiger partial charge in [-0.25, -0.2) is 0 Å². The Morgan fingerprint density at radius 1 is 0.649 bits per heavy atom. The molecular formula is C46H74NO9P. The lowest BCUT2D eigenvalue weighted by Crippen LogP contribution is -2.37. The summed E-state index contributed by atoms with van der Waals surface area (Å²) < 4.78 is 33.7. The second-order valence-electron chi connectivity index (χ2n) is 14.4. The Morgan fingerprint density at radius 3 is 1.77 bits per heavy atom. The van der Waals surface area contributed by atoms with E-state index in [4.69, 9.17) is 18.5 Å². The molecule has 1 N–H and O–H groups in total. The van der Waals surface area contributed by atoms with Gasteiger partial charge in [0, 0.05) is 12.8 Å². The lowest BCUT2D eigenvalue weighted by atomic mass is 10.2. The topological polar surface area (TPSA) is 131 Å². The maximum atomic E-state index is 12.6. The van der Waals surface area contributed by atoms with Gasteiger partial charge in [0.2, 0.25) is 0 Å². The summed E-state index contributed by atoms with van der Waals surface area (Å²) in [7, 11) is 1.06. The Bertz CT molecular complexity index is 1350. The Morgan fingerprint density at radius 2 is 1.18 bits per heavy atom. The van der Waals surface area contributed by atoms with Gasteiger partial charge >= 0.3 is 11.9 Å². The highest BCUT2D eigenvalue weighted by molar-refractivity contribution is 7.45. The molecule has 57 heavy (non-hydrogen) atoms. The summed E-state index contributed by atoms with van der Waals surface area (Å²) in [6, 6.07) is 0. The van der Waals surface area contributed by atoms with Gasteiger partial charge in [-0.2, -0.15) is 0 Å². The lowest BCUT2D eigenvalue weighted by Gasteiger charge is -2.28. The van der Waals surface area contributed by atoms with Gasteiger partial charge in [0.25, 0.3) is 7.82 Å². The van der Waals surface area contributed by atoms with E-state index in [1.165, 1.54) is 0 Å². The summed E-state index contributed by atoms with van der Waals surface area (Å²) in [5, 5.41) is 9.76. The van der Waals surface area contributed by atoms with Crippen LogP contribution in [0.3, 0.4) is 0 Å². The van der Waals surface area contributed by atoms with Crippen LogP contribution in [0.4, 0.5) is 0 Å². The van der Waals surface area contributed by atoms with Crippen LogP contribution >= 0.6 is 7.82 Å². The summed E-state index contributed by atoms with van der Waals surface area (Å²) in [6.07, 6.45) is 46.2. The largest absolute Gasteiger partial charge is 0.756 e. The molecular weight excluding hydrogens is 741 g/mol. The standard InChI is InChI=1S/C46H74NO9P/c1-6-8-10-11-12-13-14-15-16-17-22-25-28-31-34-38-46(50)56-44(42-55-57(51,52)54-40-39-47(3,4)5)41-53-45(49)37-33-30-27-24-21-19-18-20-23-26-29-32-36-43(48)35-9-7-2/h8-10,12-13,15-16,18-19,22-27,29,32,35,43-44,48H,6-7,11,14,17,20-21,28,30-31,33-34,36-42H2,1-5H3/b10-8-,13-12-,16-15-,19-18-,25-22-,26-23-,27-24-,32-29+,35-9-/t43?,44-/m1/s1. The molecule has 322 valence electrons. The van der Waals surface area contributed by atoms with E-state index in [0.717, 1.165) is 57.8 Å². The Kier molecular flexibility index (Phi) is 34.8. The van der Waals surface area contributed by atoms with Crippen LogP contribution < -0.4 is 4.89 Å². The quantitative estimate of drug-likeness (QED) is 0.0166. The minimum absolute atomic E-state index is 0.0618. The van der Waals surface area contributed by atoms with Crippen molar-refractivity contribution in [2.75, 3.05) is 47.5 Å². The van der Waals surface area contributed by atoms with Crippen LogP contribution in [-0.4, -0.2) is 81.2 Å². The monoisotopic (exact) mass is 816 g/mol. The van der Waals surface area contributed by atoms with Crippen molar-refractivity contribution in [3.8, 4) is 0 Å². The number of phosphoric ester groups is 1. The fraction of sp³-hybridized carbons (Fsp3) is 0.565. The number of aliphatic hydroxyl groups is 1. The van der Waals surface area contributed by atoms with Crippen molar-refractivity contribution in [3.05, 3.63) is 109 Å². The van der Waals surface area contributed by atoms with Gasteiger partial charge in [-0.3, -0.25) is 14.2 Å². The molecule has 0 saturated heterocycles. The van der Waals surface area contributed by atoms with Crippen molar-refractivity contribution in [2.24, 2.45) is 0 Å². The third-order valence-corrected chi connectivity index (χ3v) is 8.83. The maximum Gasteiger partial charge on any atom is 0.306 e. The molecule has 0 fully saturated rings. The third kappa shape index (κ3) is 40.6. The number of allylic oxidation sites excluding steroid dienone is 16. The highest BCUT2D eigenvalue weighted by Crippen LogP contribution is 2.38. The molecule has 11 heteroatoms. The van der Waals surface area contributed by atoms with Crippen molar-refractivity contribution in [2.45, 2.75) is 122 Å². The number of esters is 2. The number of nitrogens with zero attached hydrogens (tertiary/aromatic N) is 1. The number of phosphoric acid groups is 1. The second kappa shape index (κ2) is 36.9. The van der Waals surface area contributed by atoms with E-state index in [0.29, 0.717) is 36.7 Å². The molecule has 0 radical (unpaired) electrons. The maximum absolute atomic E-state index is 12.6. The lowest BCUT2D eigenvalue weighted by molar-refractivity contribution is -0.870. The van der Waals surface area contributed by atoms with E-state index in [2.05, 4.69) is 67.7 Å². The second-order valence-corrected chi connectivity index (χ2v) is 15.8. The smallest absolute Gasteiger partial charge is 0.306 e. The first-order valence-electron chi connectivity index (χ1n) is 20.7. The van der Waals surface area contributed by atoms with Crippen LogP contribution in [0, 0.1) is 0 Å². The number of hydrogen-bond acceptors (Lipinski definition) is 9. The Hall–Kier alpha value is -3.37. The van der Waals surface area contributed by atoms with E-state index < -0.39 is 38.6 Å². The molecule has 0 aromatic carbocycles. The summed E-state index contributed by atoms with van der Waals surface area (Å²) >= 11 is 0. The van der Waals surface area contributed by atoms with Gasteiger partial charge in [-0.1, -0.05) is 123 Å². The molecule has 0 heterocycles. The molecule has 0 aliphatic carbocycles. The molecule has 0 aliphatic rings. The highest BCUT2D eigenvalue weighted by atomic mass is 31.2. The number of hydrogen-bond donors (Lipinski definition) is 1. The van der Waals surface area contributed by atoms with Gasteiger partial charge in [0.15, 0.2) is 6.10 Å². The number of unbranched alkanes of at least 4 members (excludes halogenated alkanes) is 3. The Balaban J connectivity index is 4.62. The number of quaternary nitrogens is 1. The van der Waals surface area contributed by atoms with Crippen molar-refractivity contribution in [3.63, 3.8) is 0 Å². The van der Waals surface area contributed by atoms with Crippen LogP contribution in [0.5, 0.6) is 0 Å². The van der Waals surface area contributed by atoms with Gasteiger partial charge in [-0.15, -0.1) is 0 Å². The van der Waals surface area contributed by atoms with Crippen molar-refractivity contribution >= 4 is 19.8 Å². The minimum Gasteiger partial charge on any atom is -0.756 e. The predicted octanol–water partition coefficient (Wildman–Crippen LogP) is 9.91. The van der Waals surface area contributed by atoms with Crippen molar-refractivity contribution < 1.29 is 47.2 Å². The number of rotatable bonds is 35. The van der Waals surface area contributed by atoms with Crippen LogP contribution in [0.25, 0.3) is 0 Å². The SMILES string of the molecule is CC/C=C\C/C=C\C/C=C\C/C=C\CCCCC(=O)O[C@H](COC(=O)CCC/C=C\C/C=C\C/C=C\C=C\CC(O)/C=C\CC)COP(=O)([O-])OCC[N+](C)(C)C. The summed E-state index contributed by atoms with van der Waals surface area (Å²) in [6.45, 7) is 3.70. The summed E-state index contributed by atoms with van der Waals surface area (Å²) in [4.78, 5) is 37.4. The molecule has 3 atom stereocenters. The predicted molar refractivity (Wildman–Crippen MR) is 232 cm³/mol. The third-order valence-electron chi connectivity index (χ3n) is 7.86. The first kappa shape index (κ1) is 53.6. The Labute approximate surface area is 345 Å². The van der Waals surface area contributed by atoms with Crippen molar-refractivity contribution in [1.29, 1.82) is 0 Å². The average molecular weight is 816 g/mol. The molecule has 10 nitrogen and oxygen atoms in total. The van der Waals surface area contributed by atoms with Gasteiger partial charge in [-0.05, 0) is 83.5 Å². The number of carbonyl (C=O) groups excluding carboxylic acids is 2. The fourth-order valence-electron chi connectivity index (χ4n) is 4.64. The number of carbonyl (C=O) groups is 2. The number of aliphatic hydroxyl groups excluding tert-OH is 1. The van der Waals surface area contributed by atoms with Gasteiger partial charge in [0.1, 0.15) is 19.8 Å². The van der Waals surface area contributed by atoms with E-state index in [1.807, 2.05) is 76.7 Å². The molecule has 0 aromatic rings.